The van der Waals surface area contributed by atoms with Crippen LogP contribution in [0.4, 0.5) is 32.6 Å². The zero-order chi connectivity index (χ0) is 29.8. The first-order chi connectivity index (χ1) is 18.6. The van der Waals surface area contributed by atoms with Crippen molar-refractivity contribution in [2.45, 2.75) is 52.7 Å². The van der Waals surface area contributed by atoms with Gasteiger partial charge in [-0.2, -0.15) is 4.90 Å². The molecule has 0 bridgehead atoms. The standard InChI is InChI=1S/C19H23N3O6.C9H9N3/c1-18(2,3)27-16(23)21(17(24)28-19(4,5)6)15-14-8-7-13(22(25)26)11-12(14)9-10-20-15;10-7-1-2-8-6(5-7)3-4-12-9(8)11/h7-11H,1-6H3;1-5H,10H2,(H2,11,12). The number of imide groups is 1. The average Bonchev–Trinajstić information content (AvgIpc) is 2.82. The molecule has 0 radical (unpaired) electrons. The number of nitro groups is 1. The van der Waals surface area contributed by atoms with E-state index in [9.17, 15) is 19.7 Å². The number of ether oxygens (including phenoxy) is 2. The molecule has 4 aromatic rings. The summed E-state index contributed by atoms with van der Waals surface area (Å²) in [5.74, 6) is 0.517. The Hall–Kier alpha value is -5.00. The van der Waals surface area contributed by atoms with Crippen LogP contribution in [-0.4, -0.2) is 38.3 Å². The van der Waals surface area contributed by atoms with Crippen molar-refractivity contribution in [1.82, 2.24) is 9.97 Å². The minimum Gasteiger partial charge on any atom is -0.443 e. The summed E-state index contributed by atoms with van der Waals surface area (Å²) in [6, 6.07) is 13.1. The highest BCUT2D eigenvalue weighted by atomic mass is 16.6. The number of aromatic nitrogens is 2. The van der Waals surface area contributed by atoms with Crippen LogP contribution < -0.4 is 16.4 Å². The third-order valence-electron chi connectivity index (χ3n) is 5.12. The molecule has 0 unspecified atom stereocenters. The van der Waals surface area contributed by atoms with Crippen LogP contribution >= 0.6 is 0 Å². The maximum atomic E-state index is 12.8. The normalized spacial score (nSPS) is 11.3. The number of hydrogen-bond donors (Lipinski definition) is 2. The quantitative estimate of drug-likeness (QED) is 0.166. The van der Waals surface area contributed by atoms with E-state index in [1.807, 2.05) is 24.3 Å². The summed E-state index contributed by atoms with van der Waals surface area (Å²) in [6.45, 7) is 9.99. The number of nitrogen functional groups attached to an aromatic ring is 2. The lowest BCUT2D eigenvalue weighted by molar-refractivity contribution is -0.384. The van der Waals surface area contributed by atoms with Crippen molar-refractivity contribution in [2.24, 2.45) is 0 Å². The molecule has 0 saturated heterocycles. The molecule has 0 saturated carbocycles. The molecule has 0 spiro atoms. The lowest BCUT2D eigenvalue weighted by Gasteiger charge is -2.28. The third-order valence-corrected chi connectivity index (χ3v) is 5.12. The van der Waals surface area contributed by atoms with Gasteiger partial charge in [0.25, 0.3) is 5.69 Å². The monoisotopic (exact) mass is 548 g/mol. The topological polar surface area (TPSA) is 177 Å². The Labute approximate surface area is 231 Å². The van der Waals surface area contributed by atoms with Crippen LogP contribution in [0.2, 0.25) is 0 Å². The number of rotatable bonds is 2. The molecular weight excluding hydrogens is 516 g/mol. The van der Waals surface area contributed by atoms with Crippen LogP contribution in [0.3, 0.4) is 0 Å². The van der Waals surface area contributed by atoms with Crippen molar-refractivity contribution in [3.8, 4) is 0 Å². The molecule has 2 heterocycles. The number of benzene rings is 2. The van der Waals surface area contributed by atoms with Gasteiger partial charge in [0.2, 0.25) is 0 Å². The number of nitrogens with zero attached hydrogens (tertiary/aromatic N) is 4. The van der Waals surface area contributed by atoms with Crippen LogP contribution in [0.15, 0.2) is 60.9 Å². The lowest BCUT2D eigenvalue weighted by Crippen LogP contribution is -2.44. The third kappa shape index (κ3) is 7.53. The summed E-state index contributed by atoms with van der Waals surface area (Å²) in [6.07, 6.45) is 1.11. The predicted molar refractivity (Wildman–Crippen MR) is 154 cm³/mol. The maximum absolute atomic E-state index is 12.8. The first kappa shape index (κ1) is 29.6. The summed E-state index contributed by atoms with van der Waals surface area (Å²) >= 11 is 0. The number of nitro benzene ring substituents is 1. The van der Waals surface area contributed by atoms with E-state index in [1.54, 1.807) is 53.8 Å². The second kappa shape index (κ2) is 11.4. The van der Waals surface area contributed by atoms with Gasteiger partial charge in [-0.25, -0.2) is 19.6 Å². The summed E-state index contributed by atoms with van der Waals surface area (Å²) in [4.78, 5) is 44.8. The minimum atomic E-state index is -0.958. The number of nitrogens with two attached hydrogens (primary N) is 2. The van der Waals surface area contributed by atoms with E-state index in [0.717, 1.165) is 16.5 Å². The first-order valence-electron chi connectivity index (χ1n) is 12.2. The molecule has 2 aromatic heterocycles. The Morgan fingerprint density at radius 2 is 1.32 bits per heavy atom. The van der Waals surface area contributed by atoms with Gasteiger partial charge in [0.05, 0.1) is 4.92 Å². The molecule has 12 heteroatoms. The molecule has 4 N–H and O–H groups in total. The van der Waals surface area contributed by atoms with E-state index in [4.69, 9.17) is 20.9 Å². The van der Waals surface area contributed by atoms with Crippen LogP contribution in [0.25, 0.3) is 21.5 Å². The van der Waals surface area contributed by atoms with E-state index in [0.29, 0.717) is 21.5 Å². The van der Waals surface area contributed by atoms with Crippen molar-refractivity contribution >= 4 is 56.7 Å². The van der Waals surface area contributed by atoms with Crippen LogP contribution in [0.5, 0.6) is 0 Å². The molecule has 210 valence electrons. The average molecular weight is 549 g/mol. The maximum Gasteiger partial charge on any atom is 0.425 e. The summed E-state index contributed by atoms with van der Waals surface area (Å²) in [7, 11) is 0. The number of anilines is 3. The Morgan fingerprint density at radius 1 is 0.800 bits per heavy atom. The number of pyridine rings is 2. The van der Waals surface area contributed by atoms with E-state index < -0.39 is 28.3 Å². The Balaban J connectivity index is 0.000000302. The zero-order valence-corrected chi connectivity index (χ0v) is 23.2. The largest absolute Gasteiger partial charge is 0.443 e. The predicted octanol–water partition coefficient (Wildman–Crippen LogP) is 6.22. The molecule has 2 aromatic carbocycles. The molecule has 0 atom stereocenters. The second-order valence-corrected chi connectivity index (χ2v) is 10.8. The summed E-state index contributed by atoms with van der Waals surface area (Å²) in [5, 5.41) is 13.8. The fourth-order valence-electron chi connectivity index (χ4n) is 3.52. The highest BCUT2D eigenvalue weighted by Gasteiger charge is 2.34. The van der Waals surface area contributed by atoms with Crippen molar-refractivity contribution in [2.75, 3.05) is 16.4 Å². The van der Waals surface area contributed by atoms with E-state index >= 15 is 0 Å². The molecule has 4 rings (SSSR count). The van der Waals surface area contributed by atoms with Gasteiger partial charge in [-0.1, -0.05) is 0 Å². The van der Waals surface area contributed by atoms with Crippen LogP contribution in [0.1, 0.15) is 41.5 Å². The molecule has 12 nitrogen and oxygen atoms in total. The number of amides is 2. The van der Waals surface area contributed by atoms with Crippen molar-refractivity contribution < 1.29 is 24.0 Å². The van der Waals surface area contributed by atoms with Crippen LogP contribution in [-0.2, 0) is 9.47 Å². The van der Waals surface area contributed by atoms with Gasteiger partial charge in [0.1, 0.15) is 17.0 Å². The van der Waals surface area contributed by atoms with Gasteiger partial charge in [-0.3, -0.25) is 10.1 Å². The fraction of sp³-hybridized carbons (Fsp3) is 0.286. The summed E-state index contributed by atoms with van der Waals surface area (Å²) < 4.78 is 10.7. The SMILES string of the molecule is CC(C)(C)OC(=O)N(C(=O)OC(C)(C)C)c1nccc2cc([N+](=O)[O-])ccc12.Nc1ccc2c(N)nccc2c1. The number of non-ortho nitro benzene ring substituents is 1. The number of carbonyl (C=O) groups excluding carboxylic acids is 2. The number of fused-ring (bicyclic) bond motifs is 2. The van der Waals surface area contributed by atoms with Gasteiger partial charge in [-0.15, -0.1) is 0 Å². The van der Waals surface area contributed by atoms with Gasteiger partial charge in [0.15, 0.2) is 5.82 Å². The Bertz CT molecular complexity index is 1550. The van der Waals surface area contributed by atoms with Gasteiger partial charge in [-0.05, 0) is 88.7 Å². The number of carbonyl (C=O) groups is 2. The lowest BCUT2D eigenvalue weighted by atomic mass is 10.1. The highest BCUT2D eigenvalue weighted by molar-refractivity contribution is 6.14. The van der Waals surface area contributed by atoms with Crippen molar-refractivity contribution in [3.05, 3.63) is 71.0 Å². The molecule has 40 heavy (non-hydrogen) atoms. The fourth-order valence-corrected chi connectivity index (χ4v) is 3.52. The zero-order valence-electron chi connectivity index (χ0n) is 23.2. The Morgan fingerprint density at radius 3 is 1.88 bits per heavy atom. The second-order valence-electron chi connectivity index (χ2n) is 10.8. The molecule has 0 aliphatic rings. The molecule has 2 amide bonds. The van der Waals surface area contributed by atoms with Crippen LogP contribution in [0, 0.1) is 10.1 Å². The smallest absolute Gasteiger partial charge is 0.425 e. The Kier molecular flexibility index (Phi) is 8.42. The first-order valence-corrected chi connectivity index (χ1v) is 12.2. The van der Waals surface area contributed by atoms with E-state index in [1.165, 1.54) is 24.4 Å². The van der Waals surface area contributed by atoms with Gasteiger partial charge in [0, 0.05) is 41.0 Å². The number of hydrogen-bond acceptors (Lipinski definition) is 10. The highest BCUT2D eigenvalue weighted by Crippen LogP contribution is 2.30. The van der Waals surface area contributed by atoms with Gasteiger partial charge >= 0.3 is 12.2 Å². The molecular formula is C28H32N6O6. The van der Waals surface area contributed by atoms with Crippen molar-refractivity contribution in [1.29, 1.82) is 0 Å². The van der Waals surface area contributed by atoms with Gasteiger partial charge < -0.3 is 20.9 Å². The van der Waals surface area contributed by atoms with E-state index in [-0.39, 0.29) is 11.5 Å². The van der Waals surface area contributed by atoms with Crippen molar-refractivity contribution in [3.63, 3.8) is 0 Å². The molecule has 0 aliphatic heterocycles. The molecule has 0 fully saturated rings. The summed E-state index contributed by atoms with van der Waals surface area (Å²) in [5.41, 5.74) is 10.2. The van der Waals surface area contributed by atoms with E-state index in [2.05, 4.69) is 9.97 Å². The minimum absolute atomic E-state index is 0.0316. The molecule has 0 aliphatic carbocycles.